The molecule has 0 spiro atoms. The Morgan fingerprint density at radius 2 is 2.00 bits per heavy atom. The summed E-state index contributed by atoms with van der Waals surface area (Å²) in [5.41, 5.74) is 0.415. The van der Waals surface area contributed by atoms with E-state index in [-0.39, 0.29) is 16.4 Å². The first kappa shape index (κ1) is 12.7. The Balaban J connectivity index is 3.26. The third kappa shape index (κ3) is 3.07. The summed E-state index contributed by atoms with van der Waals surface area (Å²) in [6.45, 7) is 1.55. The van der Waals surface area contributed by atoms with Crippen molar-refractivity contribution in [1.82, 2.24) is 0 Å². The van der Waals surface area contributed by atoms with Gasteiger partial charge in [-0.05, 0) is 18.6 Å². The summed E-state index contributed by atoms with van der Waals surface area (Å²) in [5.74, 6) is 0. The number of hydrogen-bond acceptors (Lipinski definition) is 4. The lowest BCUT2D eigenvalue weighted by Crippen LogP contribution is -2.10. The minimum Gasteiger partial charge on any atom is -0.283 e. The van der Waals surface area contributed by atoms with Crippen LogP contribution in [0.1, 0.15) is 5.56 Å². The molecule has 0 saturated heterocycles. The highest BCUT2D eigenvalue weighted by atomic mass is 35.5. The van der Waals surface area contributed by atoms with Gasteiger partial charge in [-0.15, -0.1) is 0 Å². The third-order valence-electron chi connectivity index (χ3n) is 1.79. The number of benzene rings is 1. The number of anilines is 1. The van der Waals surface area contributed by atoms with E-state index in [2.05, 4.69) is 4.72 Å². The summed E-state index contributed by atoms with van der Waals surface area (Å²) >= 11 is 5.65. The Morgan fingerprint density at radius 3 is 2.44 bits per heavy atom. The monoisotopic (exact) mass is 264 g/mol. The SMILES string of the molecule is Cc1cc([N+](=O)[O-])c(Cl)cc1NS(C)(=O)=O. The highest BCUT2D eigenvalue weighted by molar-refractivity contribution is 7.92. The van der Waals surface area contributed by atoms with Gasteiger partial charge < -0.3 is 0 Å². The van der Waals surface area contributed by atoms with E-state index >= 15 is 0 Å². The van der Waals surface area contributed by atoms with Crippen molar-refractivity contribution in [2.45, 2.75) is 6.92 Å². The molecule has 0 atom stereocenters. The molecule has 0 aliphatic heterocycles. The van der Waals surface area contributed by atoms with Gasteiger partial charge in [0.2, 0.25) is 10.0 Å². The maximum atomic E-state index is 11.0. The molecule has 0 aromatic heterocycles. The first-order chi connectivity index (χ1) is 7.20. The lowest BCUT2D eigenvalue weighted by atomic mass is 10.2. The number of nitrogens with zero attached hydrogens (tertiary/aromatic N) is 1. The molecule has 8 heteroatoms. The van der Waals surface area contributed by atoms with Crippen molar-refractivity contribution in [3.63, 3.8) is 0 Å². The average molecular weight is 265 g/mol. The second kappa shape index (κ2) is 4.26. The number of aryl methyl sites for hydroxylation is 1. The molecule has 1 N–H and O–H groups in total. The van der Waals surface area contributed by atoms with Crippen LogP contribution in [0, 0.1) is 17.0 Å². The molecule has 1 rings (SSSR count). The number of sulfonamides is 1. The van der Waals surface area contributed by atoms with Gasteiger partial charge in [0.05, 0.1) is 16.9 Å². The Labute approximate surface area is 97.4 Å². The maximum absolute atomic E-state index is 11.0. The van der Waals surface area contributed by atoms with Crippen LogP contribution in [-0.2, 0) is 10.0 Å². The first-order valence-electron chi connectivity index (χ1n) is 4.13. The van der Waals surface area contributed by atoms with Crippen molar-refractivity contribution in [3.8, 4) is 0 Å². The molecule has 1 aromatic rings. The maximum Gasteiger partial charge on any atom is 0.288 e. The fourth-order valence-electron chi connectivity index (χ4n) is 1.12. The number of nitro groups is 1. The molecule has 0 unspecified atom stereocenters. The van der Waals surface area contributed by atoms with Crippen molar-refractivity contribution in [3.05, 3.63) is 32.8 Å². The fourth-order valence-corrected chi connectivity index (χ4v) is 1.97. The molecular formula is C8H9ClN2O4S. The molecule has 0 radical (unpaired) electrons. The van der Waals surface area contributed by atoms with Gasteiger partial charge in [0.25, 0.3) is 5.69 Å². The van der Waals surface area contributed by atoms with E-state index in [4.69, 9.17) is 11.6 Å². The molecule has 88 valence electrons. The molecule has 0 bridgehead atoms. The van der Waals surface area contributed by atoms with Gasteiger partial charge in [0, 0.05) is 6.07 Å². The van der Waals surface area contributed by atoms with Gasteiger partial charge in [-0.1, -0.05) is 11.6 Å². The highest BCUT2D eigenvalue weighted by Gasteiger charge is 2.16. The van der Waals surface area contributed by atoms with Crippen LogP contribution in [0.25, 0.3) is 0 Å². The van der Waals surface area contributed by atoms with Gasteiger partial charge in [0.15, 0.2) is 0 Å². The summed E-state index contributed by atoms with van der Waals surface area (Å²) in [6, 6.07) is 2.44. The highest BCUT2D eigenvalue weighted by Crippen LogP contribution is 2.30. The van der Waals surface area contributed by atoms with Crippen molar-refractivity contribution in [2.75, 3.05) is 11.0 Å². The van der Waals surface area contributed by atoms with Crippen LogP contribution in [-0.4, -0.2) is 19.6 Å². The lowest BCUT2D eigenvalue weighted by Gasteiger charge is -2.08. The van der Waals surface area contributed by atoms with Crippen LogP contribution < -0.4 is 4.72 Å². The van der Waals surface area contributed by atoms with E-state index in [0.29, 0.717) is 5.56 Å². The van der Waals surface area contributed by atoms with Crippen LogP contribution in [0.5, 0.6) is 0 Å². The molecule has 0 saturated carbocycles. The van der Waals surface area contributed by atoms with E-state index in [0.717, 1.165) is 6.26 Å². The molecule has 0 heterocycles. The minimum absolute atomic E-state index is 0.109. The number of nitro benzene ring substituents is 1. The molecule has 0 aliphatic carbocycles. The predicted molar refractivity (Wildman–Crippen MR) is 61.3 cm³/mol. The van der Waals surface area contributed by atoms with E-state index in [1.165, 1.54) is 12.1 Å². The second-order valence-electron chi connectivity index (χ2n) is 3.25. The molecule has 0 amide bonds. The van der Waals surface area contributed by atoms with Gasteiger partial charge in [-0.25, -0.2) is 8.42 Å². The largest absolute Gasteiger partial charge is 0.288 e. The quantitative estimate of drug-likeness (QED) is 0.667. The van der Waals surface area contributed by atoms with Gasteiger partial charge in [-0.3, -0.25) is 14.8 Å². The number of hydrogen-bond donors (Lipinski definition) is 1. The van der Waals surface area contributed by atoms with Crippen LogP contribution in [0.3, 0.4) is 0 Å². The Hall–Kier alpha value is -1.34. The Morgan fingerprint density at radius 1 is 1.44 bits per heavy atom. The zero-order chi connectivity index (χ0) is 12.5. The zero-order valence-corrected chi connectivity index (χ0v) is 10.1. The minimum atomic E-state index is -3.43. The average Bonchev–Trinajstić information content (AvgIpc) is 2.07. The van der Waals surface area contributed by atoms with Crippen molar-refractivity contribution < 1.29 is 13.3 Å². The summed E-state index contributed by atoms with van der Waals surface area (Å²) in [4.78, 5) is 9.93. The summed E-state index contributed by atoms with van der Waals surface area (Å²) in [6.07, 6.45) is 0.988. The second-order valence-corrected chi connectivity index (χ2v) is 5.41. The van der Waals surface area contributed by atoms with Crippen molar-refractivity contribution in [2.24, 2.45) is 0 Å². The fraction of sp³-hybridized carbons (Fsp3) is 0.250. The van der Waals surface area contributed by atoms with E-state index in [1.807, 2.05) is 0 Å². The Bertz CT molecular complexity index is 541. The summed E-state index contributed by atoms with van der Waals surface area (Å²) in [5, 5.41) is 10.4. The standard InChI is InChI=1S/C8H9ClN2O4S/c1-5-3-8(11(12)13)6(9)4-7(5)10-16(2,14)15/h3-4,10H,1-2H3. The van der Waals surface area contributed by atoms with Gasteiger partial charge in [0.1, 0.15) is 5.02 Å². The van der Waals surface area contributed by atoms with Crippen LogP contribution in [0.15, 0.2) is 12.1 Å². The molecule has 6 nitrogen and oxygen atoms in total. The van der Waals surface area contributed by atoms with Crippen molar-refractivity contribution >= 4 is 33.0 Å². The number of nitrogens with one attached hydrogen (secondary N) is 1. The van der Waals surface area contributed by atoms with Gasteiger partial charge in [-0.2, -0.15) is 0 Å². The Kier molecular flexibility index (Phi) is 3.39. The van der Waals surface area contributed by atoms with Crippen LogP contribution >= 0.6 is 11.6 Å². The van der Waals surface area contributed by atoms with E-state index in [1.54, 1.807) is 6.92 Å². The van der Waals surface area contributed by atoms with Gasteiger partial charge >= 0.3 is 0 Å². The first-order valence-corrected chi connectivity index (χ1v) is 6.40. The summed E-state index contributed by atoms with van der Waals surface area (Å²) in [7, 11) is -3.43. The topological polar surface area (TPSA) is 89.3 Å². The number of rotatable bonds is 3. The number of halogens is 1. The molecule has 16 heavy (non-hydrogen) atoms. The summed E-state index contributed by atoms with van der Waals surface area (Å²) < 4.78 is 24.2. The van der Waals surface area contributed by atoms with Crippen molar-refractivity contribution in [1.29, 1.82) is 0 Å². The molecule has 0 aliphatic rings. The van der Waals surface area contributed by atoms with Crippen LogP contribution in [0.2, 0.25) is 5.02 Å². The smallest absolute Gasteiger partial charge is 0.283 e. The molecular weight excluding hydrogens is 256 g/mol. The van der Waals surface area contributed by atoms with E-state index < -0.39 is 14.9 Å². The molecule has 1 aromatic carbocycles. The third-order valence-corrected chi connectivity index (χ3v) is 2.68. The predicted octanol–water partition coefficient (Wildman–Crippen LogP) is 1.93. The van der Waals surface area contributed by atoms with Crippen LogP contribution in [0.4, 0.5) is 11.4 Å². The lowest BCUT2D eigenvalue weighted by molar-refractivity contribution is -0.384. The van der Waals surface area contributed by atoms with E-state index in [9.17, 15) is 18.5 Å². The normalized spacial score (nSPS) is 11.2. The molecule has 0 fully saturated rings. The zero-order valence-electron chi connectivity index (χ0n) is 8.52.